The van der Waals surface area contributed by atoms with Crippen LogP contribution in [0.2, 0.25) is 0 Å². The first-order valence-electron chi connectivity index (χ1n) is 10.4. The molecule has 168 valence electrons. The minimum atomic E-state index is -0.726. The number of H-pyrrole nitrogens is 1. The molecule has 9 nitrogen and oxygen atoms in total. The Labute approximate surface area is 185 Å². The van der Waals surface area contributed by atoms with Gasteiger partial charge in [0.05, 0.1) is 23.6 Å². The molecule has 0 unspecified atom stereocenters. The molecule has 3 aromatic rings. The first-order chi connectivity index (χ1) is 15.4. The van der Waals surface area contributed by atoms with Gasteiger partial charge in [0, 0.05) is 25.8 Å². The fraction of sp³-hybridized carbons (Fsp3) is 0.304. The number of hydrogen-bond donors (Lipinski definition) is 2. The zero-order valence-corrected chi connectivity index (χ0v) is 18.4. The standard InChI is InChI=1S/C23H27N5O4/c1-4-12-28-20(24)19(21(29)26-23(28)31)27(13-14-32-3)22(30)17-10-11-18(25-15(17)2)16-8-6-5-7-9-16/h5-11H,4,12-14,24H2,1-3H3,(H,26,29,31). The van der Waals surface area contributed by atoms with Crippen LogP contribution in [0.25, 0.3) is 11.3 Å². The van der Waals surface area contributed by atoms with Crippen LogP contribution in [0.15, 0.2) is 52.1 Å². The van der Waals surface area contributed by atoms with Crippen molar-refractivity contribution in [2.75, 3.05) is 30.9 Å². The summed E-state index contributed by atoms with van der Waals surface area (Å²) in [6, 6.07) is 13.1. The van der Waals surface area contributed by atoms with Gasteiger partial charge < -0.3 is 10.5 Å². The summed E-state index contributed by atoms with van der Waals surface area (Å²) < 4.78 is 6.39. The first-order valence-corrected chi connectivity index (χ1v) is 10.4. The van der Waals surface area contributed by atoms with Gasteiger partial charge in [0.25, 0.3) is 11.5 Å². The predicted molar refractivity (Wildman–Crippen MR) is 124 cm³/mol. The van der Waals surface area contributed by atoms with Crippen molar-refractivity contribution in [2.45, 2.75) is 26.8 Å². The molecule has 0 saturated heterocycles. The SMILES string of the molecule is CCCn1c(N)c(N(CCOC)C(=O)c2ccc(-c3ccccc3)nc2C)c(=O)[nH]c1=O. The van der Waals surface area contributed by atoms with Crippen LogP contribution in [0.4, 0.5) is 11.5 Å². The number of rotatable bonds is 8. The topological polar surface area (TPSA) is 123 Å². The highest BCUT2D eigenvalue weighted by Gasteiger charge is 2.26. The summed E-state index contributed by atoms with van der Waals surface area (Å²) in [5, 5.41) is 0. The third-order valence-corrected chi connectivity index (χ3v) is 5.08. The predicted octanol–water partition coefficient (Wildman–Crippen LogP) is 2.19. The first kappa shape index (κ1) is 23.0. The summed E-state index contributed by atoms with van der Waals surface area (Å²) in [5.41, 5.74) is 7.28. The fourth-order valence-corrected chi connectivity index (χ4v) is 3.48. The molecule has 2 aromatic heterocycles. The molecule has 2 heterocycles. The number of aromatic nitrogens is 3. The van der Waals surface area contributed by atoms with E-state index in [9.17, 15) is 14.4 Å². The lowest BCUT2D eigenvalue weighted by Crippen LogP contribution is -2.42. The highest BCUT2D eigenvalue weighted by atomic mass is 16.5. The van der Waals surface area contributed by atoms with Gasteiger partial charge in [-0.25, -0.2) is 4.79 Å². The minimum absolute atomic E-state index is 0.0587. The second-order valence-corrected chi connectivity index (χ2v) is 7.29. The number of hydrogen-bond acceptors (Lipinski definition) is 6. The van der Waals surface area contributed by atoms with E-state index in [0.717, 1.165) is 11.3 Å². The van der Waals surface area contributed by atoms with Crippen LogP contribution in [-0.4, -0.2) is 40.7 Å². The third-order valence-electron chi connectivity index (χ3n) is 5.08. The van der Waals surface area contributed by atoms with E-state index in [1.165, 1.54) is 16.6 Å². The van der Waals surface area contributed by atoms with Crippen molar-refractivity contribution in [1.29, 1.82) is 0 Å². The van der Waals surface area contributed by atoms with Gasteiger partial charge in [-0.15, -0.1) is 0 Å². The van der Waals surface area contributed by atoms with Crippen LogP contribution >= 0.6 is 0 Å². The van der Waals surface area contributed by atoms with Crippen molar-refractivity contribution >= 4 is 17.4 Å². The summed E-state index contributed by atoms with van der Waals surface area (Å²) in [6.45, 7) is 4.18. The smallest absolute Gasteiger partial charge is 0.330 e. The van der Waals surface area contributed by atoms with Crippen molar-refractivity contribution in [3.05, 3.63) is 74.6 Å². The Morgan fingerprint density at radius 3 is 2.53 bits per heavy atom. The molecular formula is C23H27N5O4. The number of nitrogens with two attached hydrogens (primary N) is 1. The number of pyridine rings is 1. The Bertz CT molecular complexity index is 1220. The van der Waals surface area contributed by atoms with Gasteiger partial charge in [0.15, 0.2) is 5.69 Å². The second-order valence-electron chi connectivity index (χ2n) is 7.29. The van der Waals surface area contributed by atoms with Crippen molar-refractivity contribution in [3.8, 4) is 11.3 Å². The zero-order valence-electron chi connectivity index (χ0n) is 18.4. The van der Waals surface area contributed by atoms with Crippen LogP contribution in [0.1, 0.15) is 29.4 Å². The monoisotopic (exact) mass is 437 g/mol. The molecule has 0 spiro atoms. The van der Waals surface area contributed by atoms with Crippen LogP contribution in [0.5, 0.6) is 0 Å². The van der Waals surface area contributed by atoms with Crippen LogP contribution in [0.3, 0.4) is 0 Å². The maximum absolute atomic E-state index is 13.5. The molecular weight excluding hydrogens is 410 g/mol. The summed E-state index contributed by atoms with van der Waals surface area (Å²) >= 11 is 0. The number of nitrogens with zero attached hydrogens (tertiary/aromatic N) is 3. The lowest BCUT2D eigenvalue weighted by molar-refractivity contribution is 0.0974. The Morgan fingerprint density at radius 2 is 1.91 bits per heavy atom. The molecule has 3 N–H and O–H groups in total. The number of nitrogen functional groups attached to an aromatic ring is 1. The second kappa shape index (κ2) is 10.1. The van der Waals surface area contributed by atoms with Crippen molar-refractivity contribution in [3.63, 3.8) is 0 Å². The zero-order chi connectivity index (χ0) is 23.3. The number of aromatic amines is 1. The molecule has 1 aromatic carbocycles. The quantitative estimate of drug-likeness (QED) is 0.557. The van der Waals surface area contributed by atoms with Gasteiger partial charge in [-0.3, -0.25) is 29.0 Å². The molecule has 3 rings (SSSR count). The van der Waals surface area contributed by atoms with Gasteiger partial charge in [0.1, 0.15) is 5.82 Å². The maximum Gasteiger partial charge on any atom is 0.330 e. The highest BCUT2D eigenvalue weighted by Crippen LogP contribution is 2.23. The number of methoxy groups -OCH3 is 1. The van der Waals surface area contributed by atoms with E-state index >= 15 is 0 Å². The van der Waals surface area contributed by atoms with Crippen LogP contribution in [0, 0.1) is 6.92 Å². The van der Waals surface area contributed by atoms with E-state index in [-0.39, 0.29) is 24.7 Å². The van der Waals surface area contributed by atoms with Crippen molar-refractivity contribution in [2.24, 2.45) is 0 Å². The summed E-state index contributed by atoms with van der Waals surface area (Å²) in [6.07, 6.45) is 0.631. The third kappa shape index (κ3) is 4.62. The molecule has 9 heteroatoms. The fourth-order valence-electron chi connectivity index (χ4n) is 3.48. The molecule has 0 bridgehead atoms. The molecule has 32 heavy (non-hydrogen) atoms. The van der Waals surface area contributed by atoms with E-state index < -0.39 is 17.2 Å². The number of benzene rings is 1. The van der Waals surface area contributed by atoms with E-state index in [1.807, 2.05) is 37.3 Å². The molecule has 1 amide bonds. The molecule has 0 radical (unpaired) electrons. The molecule has 0 aliphatic rings. The van der Waals surface area contributed by atoms with Gasteiger partial charge in [0.2, 0.25) is 0 Å². The number of amides is 1. The van der Waals surface area contributed by atoms with Crippen LogP contribution < -0.4 is 21.9 Å². The number of anilines is 2. The summed E-state index contributed by atoms with van der Waals surface area (Å²) in [5.74, 6) is -0.512. The molecule has 0 aliphatic carbocycles. The Morgan fingerprint density at radius 1 is 1.19 bits per heavy atom. The van der Waals surface area contributed by atoms with Crippen molar-refractivity contribution in [1.82, 2.24) is 14.5 Å². The lowest BCUT2D eigenvalue weighted by Gasteiger charge is -2.25. The normalized spacial score (nSPS) is 10.8. The maximum atomic E-state index is 13.5. The minimum Gasteiger partial charge on any atom is -0.383 e. The number of nitrogens with one attached hydrogen (secondary N) is 1. The Balaban J connectivity index is 2.08. The molecule has 0 atom stereocenters. The van der Waals surface area contributed by atoms with Gasteiger partial charge in [-0.05, 0) is 25.5 Å². The largest absolute Gasteiger partial charge is 0.383 e. The number of aryl methyl sites for hydroxylation is 1. The van der Waals surface area contributed by atoms with Gasteiger partial charge in [-0.1, -0.05) is 37.3 Å². The highest BCUT2D eigenvalue weighted by molar-refractivity contribution is 6.08. The van der Waals surface area contributed by atoms with E-state index in [2.05, 4.69) is 9.97 Å². The van der Waals surface area contributed by atoms with Crippen molar-refractivity contribution < 1.29 is 9.53 Å². The van der Waals surface area contributed by atoms with E-state index in [4.69, 9.17) is 10.5 Å². The van der Waals surface area contributed by atoms with Crippen LogP contribution in [-0.2, 0) is 11.3 Å². The molecule has 0 fully saturated rings. The molecule has 0 aliphatic heterocycles. The van der Waals surface area contributed by atoms with Gasteiger partial charge in [-0.2, -0.15) is 0 Å². The number of carbonyl (C=O) groups excluding carboxylic acids is 1. The lowest BCUT2D eigenvalue weighted by atomic mass is 10.1. The summed E-state index contributed by atoms with van der Waals surface area (Å²) in [4.78, 5) is 46.5. The average Bonchev–Trinajstić information content (AvgIpc) is 2.78. The van der Waals surface area contributed by atoms with E-state index in [0.29, 0.717) is 24.2 Å². The molecule has 0 saturated carbocycles. The number of ether oxygens (including phenoxy) is 1. The Kier molecular flexibility index (Phi) is 7.21. The average molecular weight is 438 g/mol. The summed E-state index contributed by atoms with van der Waals surface area (Å²) in [7, 11) is 1.50. The van der Waals surface area contributed by atoms with E-state index in [1.54, 1.807) is 19.1 Å². The number of carbonyl (C=O) groups is 1. The van der Waals surface area contributed by atoms with Gasteiger partial charge >= 0.3 is 5.69 Å². The Hall–Kier alpha value is -3.72.